The monoisotopic (exact) mass is 324 g/mol. The normalized spacial score (nSPS) is 12.0. The molecule has 0 fully saturated rings. The highest BCUT2D eigenvalue weighted by molar-refractivity contribution is 5.90. The Bertz CT molecular complexity index is 766. The number of hydrogen-bond acceptors (Lipinski definition) is 4. The lowest BCUT2D eigenvalue weighted by atomic mass is 10.1. The maximum absolute atomic E-state index is 12.0. The molecule has 6 heteroatoms. The van der Waals surface area contributed by atoms with Crippen molar-refractivity contribution in [2.45, 2.75) is 26.1 Å². The molecule has 2 heterocycles. The molecule has 0 aliphatic rings. The molecule has 1 atom stereocenters. The van der Waals surface area contributed by atoms with Crippen molar-refractivity contribution >= 4 is 11.6 Å². The van der Waals surface area contributed by atoms with Crippen LogP contribution in [0.4, 0.5) is 5.69 Å². The molecule has 24 heavy (non-hydrogen) atoms. The number of aromatic nitrogens is 2. The number of benzene rings is 1. The van der Waals surface area contributed by atoms with Crippen molar-refractivity contribution in [1.29, 1.82) is 0 Å². The van der Waals surface area contributed by atoms with Crippen molar-refractivity contribution in [3.05, 3.63) is 72.4 Å². The number of rotatable bonds is 7. The van der Waals surface area contributed by atoms with E-state index in [2.05, 4.69) is 22.7 Å². The molecule has 0 aliphatic carbocycles. The zero-order chi connectivity index (χ0) is 16.8. The Morgan fingerprint density at radius 1 is 1.29 bits per heavy atom. The van der Waals surface area contributed by atoms with E-state index in [0.717, 1.165) is 17.0 Å². The van der Waals surface area contributed by atoms with Gasteiger partial charge >= 0.3 is 0 Å². The summed E-state index contributed by atoms with van der Waals surface area (Å²) in [4.78, 5) is 12.0. The van der Waals surface area contributed by atoms with E-state index in [-0.39, 0.29) is 18.5 Å². The van der Waals surface area contributed by atoms with Gasteiger partial charge in [-0.25, -0.2) is 0 Å². The third-order valence-corrected chi connectivity index (χ3v) is 3.66. The summed E-state index contributed by atoms with van der Waals surface area (Å²) in [6, 6.07) is 13.5. The highest BCUT2D eigenvalue weighted by atomic mass is 16.3. The molecule has 1 aromatic carbocycles. The molecule has 6 nitrogen and oxygen atoms in total. The Morgan fingerprint density at radius 2 is 2.21 bits per heavy atom. The zero-order valence-corrected chi connectivity index (χ0v) is 13.5. The molecule has 2 aromatic heterocycles. The molecule has 0 saturated carbocycles. The van der Waals surface area contributed by atoms with E-state index < -0.39 is 0 Å². The van der Waals surface area contributed by atoms with Crippen LogP contribution >= 0.6 is 0 Å². The highest BCUT2D eigenvalue weighted by Crippen LogP contribution is 2.15. The van der Waals surface area contributed by atoms with Crippen molar-refractivity contribution in [1.82, 2.24) is 15.1 Å². The predicted molar refractivity (Wildman–Crippen MR) is 91.3 cm³/mol. The molecule has 3 aromatic rings. The van der Waals surface area contributed by atoms with E-state index in [1.54, 1.807) is 29.4 Å². The third-order valence-electron chi connectivity index (χ3n) is 3.66. The first-order valence-corrected chi connectivity index (χ1v) is 7.84. The van der Waals surface area contributed by atoms with Crippen LogP contribution in [0.3, 0.4) is 0 Å². The van der Waals surface area contributed by atoms with Crippen molar-refractivity contribution in [2.24, 2.45) is 0 Å². The smallest absolute Gasteiger partial charge is 0.246 e. The molecular weight excluding hydrogens is 304 g/mol. The van der Waals surface area contributed by atoms with Gasteiger partial charge in [-0.05, 0) is 42.8 Å². The first-order chi connectivity index (χ1) is 11.7. The van der Waals surface area contributed by atoms with Gasteiger partial charge in [-0.2, -0.15) is 5.10 Å². The minimum absolute atomic E-state index is 0.104. The summed E-state index contributed by atoms with van der Waals surface area (Å²) < 4.78 is 6.97. The van der Waals surface area contributed by atoms with E-state index in [0.29, 0.717) is 6.54 Å². The van der Waals surface area contributed by atoms with Crippen molar-refractivity contribution in [2.75, 3.05) is 5.32 Å². The second kappa shape index (κ2) is 7.61. The second-order valence-corrected chi connectivity index (χ2v) is 5.57. The largest absolute Gasteiger partial charge is 0.468 e. The summed E-state index contributed by atoms with van der Waals surface area (Å²) in [5.74, 6) is 0.798. The summed E-state index contributed by atoms with van der Waals surface area (Å²) in [5.41, 5.74) is 1.86. The summed E-state index contributed by atoms with van der Waals surface area (Å²) in [6.45, 7) is 2.93. The van der Waals surface area contributed by atoms with Gasteiger partial charge in [-0.15, -0.1) is 0 Å². The van der Waals surface area contributed by atoms with Gasteiger partial charge in [0, 0.05) is 24.6 Å². The lowest BCUT2D eigenvalue weighted by Crippen LogP contribution is -2.20. The molecule has 0 spiro atoms. The number of amides is 1. The van der Waals surface area contributed by atoms with Crippen LogP contribution < -0.4 is 10.6 Å². The number of anilines is 1. The van der Waals surface area contributed by atoms with Crippen molar-refractivity contribution < 1.29 is 9.21 Å². The van der Waals surface area contributed by atoms with Crippen LogP contribution in [0.15, 0.2) is 65.5 Å². The number of furan rings is 1. The van der Waals surface area contributed by atoms with Gasteiger partial charge in [0.25, 0.3) is 0 Å². The molecule has 0 radical (unpaired) electrons. The van der Waals surface area contributed by atoms with E-state index >= 15 is 0 Å². The lowest BCUT2D eigenvalue weighted by Gasteiger charge is -2.12. The minimum atomic E-state index is -0.104. The quantitative estimate of drug-likeness (QED) is 0.701. The van der Waals surface area contributed by atoms with Crippen molar-refractivity contribution in [3.63, 3.8) is 0 Å². The van der Waals surface area contributed by atoms with Gasteiger partial charge in [0.2, 0.25) is 5.91 Å². The Balaban J connectivity index is 1.54. The van der Waals surface area contributed by atoms with Crippen LogP contribution in [0.1, 0.15) is 24.3 Å². The van der Waals surface area contributed by atoms with Crippen LogP contribution in [-0.2, 0) is 17.9 Å². The Hall–Kier alpha value is -2.86. The lowest BCUT2D eigenvalue weighted by molar-refractivity contribution is -0.116. The maximum atomic E-state index is 12.0. The summed E-state index contributed by atoms with van der Waals surface area (Å²) >= 11 is 0. The number of nitrogens with one attached hydrogen (secondary N) is 2. The summed E-state index contributed by atoms with van der Waals surface area (Å²) in [7, 11) is 0. The van der Waals surface area contributed by atoms with Crippen LogP contribution in [0.2, 0.25) is 0 Å². The highest BCUT2D eigenvalue weighted by Gasteiger charge is 2.08. The fourth-order valence-electron chi connectivity index (χ4n) is 2.41. The average molecular weight is 324 g/mol. The van der Waals surface area contributed by atoms with E-state index in [1.165, 1.54) is 0 Å². The number of carbonyl (C=O) groups excluding carboxylic acids is 1. The first kappa shape index (κ1) is 16.0. The molecular formula is C18H20N4O2. The van der Waals surface area contributed by atoms with Crippen LogP contribution in [0, 0.1) is 0 Å². The van der Waals surface area contributed by atoms with Crippen LogP contribution in [0.25, 0.3) is 0 Å². The molecule has 0 saturated heterocycles. The number of carbonyl (C=O) groups is 1. The van der Waals surface area contributed by atoms with Crippen LogP contribution in [-0.4, -0.2) is 15.7 Å². The van der Waals surface area contributed by atoms with Gasteiger partial charge in [-0.1, -0.05) is 12.1 Å². The SMILES string of the molecule is C[C@@H](NCc1cccc(NC(=O)Cn2cccn2)c1)c1ccco1. The van der Waals surface area contributed by atoms with Gasteiger partial charge in [0.1, 0.15) is 12.3 Å². The molecule has 0 bridgehead atoms. The number of hydrogen-bond donors (Lipinski definition) is 2. The maximum Gasteiger partial charge on any atom is 0.246 e. The number of nitrogens with zero attached hydrogens (tertiary/aromatic N) is 2. The fourth-order valence-corrected chi connectivity index (χ4v) is 2.41. The molecule has 0 unspecified atom stereocenters. The van der Waals surface area contributed by atoms with Gasteiger partial charge in [0.05, 0.1) is 12.3 Å². The molecule has 124 valence electrons. The van der Waals surface area contributed by atoms with E-state index in [9.17, 15) is 4.79 Å². The Kier molecular flexibility index (Phi) is 5.08. The topological polar surface area (TPSA) is 72.1 Å². The van der Waals surface area contributed by atoms with Gasteiger partial charge < -0.3 is 15.1 Å². The molecule has 2 N–H and O–H groups in total. The zero-order valence-electron chi connectivity index (χ0n) is 13.5. The molecule has 3 rings (SSSR count). The predicted octanol–water partition coefficient (Wildman–Crippen LogP) is 2.97. The van der Waals surface area contributed by atoms with Crippen LogP contribution in [0.5, 0.6) is 0 Å². The van der Waals surface area contributed by atoms with E-state index in [1.807, 2.05) is 36.4 Å². The standard InChI is InChI=1S/C18H20N4O2/c1-14(17-7-3-10-24-17)19-12-15-5-2-6-16(11-15)21-18(23)13-22-9-4-8-20-22/h2-11,14,19H,12-13H2,1H3,(H,21,23)/t14-/m1/s1. The summed E-state index contributed by atoms with van der Waals surface area (Å²) in [6.07, 6.45) is 5.08. The fraction of sp³-hybridized carbons (Fsp3) is 0.222. The summed E-state index contributed by atoms with van der Waals surface area (Å²) in [5, 5.41) is 10.3. The minimum Gasteiger partial charge on any atom is -0.468 e. The Labute approximate surface area is 140 Å². The molecule has 0 aliphatic heterocycles. The first-order valence-electron chi connectivity index (χ1n) is 7.84. The second-order valence-electron chi connectivity index (χ2n) is 5.57. The third kappa shape index (κ3) is 4.33. The average Bonchev–Trinajstić information content (AvgIpc) is 3.26. The van der Waals surface area contributed by atoms with Gasteiger partial charge in [-0.3, -0.25) is 9.48 Å². The van der Waals surface area contributed by atoms with Crippen molar-refractivity contribution in [3.8, 4) is 0 Å². The van der Waals surface area contributed by atoms with Gasteiger partial charge in [0.15, 0.2) is 0 Å². The van der Waals surface area contributed by atoms with E-state index in [4.69, 9.17) is 4.42 Å². The molecule has 1 amide bonds. The Morgan fingerprint density at radius 3 is 2.96 bits per heavy atom.